The SMILES string of the molecule is Cc1oc(C(C)C)cc1C(=O)NC(C(=O)O)C1CCCOC1. The van der Waals surface area contributed by atoms with Gasteiger partial charge in [0.1, 0.15) is 17.6 Å². The predicted octanol–water partition coefficient (Wildman–Crippen LogP) is 2.32. The van der Waals surface area contributed by atoms with Gasteiger partial charge in [0, 0.05) is 18.4 Å². The van der Waals surface area contributed by atoms with E-state index in [-0.39, 0.29) is 11.8 Å². The van der Waals surface area contributed by atoms with Crippen molar-refractivity contribution >= 4 is 11.9 Å². The zero-order valence-corrected chi connectivity index (χ0v) is 13.2. The van der Waals surface area contributed by atoms with Crippen molar-refractivity contribution in [1.82, 2.24) is 5.32 Å². The van der Waals surface area contributed by atoms with Gasteiger partial charge in [-0.1, -0.05) is 13.8 Å². The van der Waals surface area contributed by atoms with Gasteiger partial charge >= 0.3 is 5.97 Å². The Morgan fingerprint density at radius 3 is 2.64 bits per heavy atom. The van der Waals surface area contributed by atoms with Crippen LogP contribution in [0.5, 0.6) is 0 Å². The van der Waals surface area contributed by atoms with E-state index in [0.717, 1.165) is 18.6 Å². The Morgan fingerprint density at radius 2 is 2.14 bits per heavy atom. The molecule has 0 radical (unpaired) electrons. The first kappa shape index (κ1) is 16.5. The van der Waals surface area contributed by atoms with Crippen molar-refractivity contribution in [3.63, 3.8) is 0 Å². The molecule has 1 amide bonds. The summed E-state index contributed by atoms with van der Waals surface area (Å²) in [6.45, 7) is 6.66. The fraction of sp³-hybridized carbons (Fsp3) is 0.625. The Kier molecular flexibility index (Phi) is 5.24. The average Bonchev–Trinajstić information content (AvgIpc) is 2.87. The molecule has 1 aromatic rings. The van der Waals surface area contributed by atoms with Crippen LogP contribution in [-0.2, 0) is 9.53 Å². The number of hydrogen-bond donors (Lipinski definition) is 2. The van der Waals surface area contributed by atoms with E-state index in [2.05, 4.69) is 5.32 Å². The van der Waals surface area contributed by atoms with Crippen LogP contribution in [-0.4, -0.2) is 36.2 Å². The first-order valence-electron chi connectivity index (χ1n) is 7.62. The van der Waals surface area contributed by atoms with Crippen molar-refractivity contribution < 1.29 is 23.8 Å². The summed E-state index contributed by atoms with van der Waals surface area (Å²) in [5.74, 6) is -0.254. The number of carboxylic acid groups (broad SMARTS) is 1. The lowest BCUT2D eigenvalue weighted by Gasteiger charge is -2.28. The van der Waals surface area contributed by atoms with Gasteiger partial charge in [0.2, 0.25) is 0 Å². The number of hydrogen-bond acceptors (Lipinski definition) is 4. The van der Waals surface area contributed by atoms with Crippen LogP contribution in [0, 0.1) is 12.8 Å². The summed E-state index contributed by atoms with van der Waals surface area (Å²) < 4.78 is 10.9. The zero-order valence-electron chi connectivity index (χ0n) is 13.2. The second-order valence-corrected chi connectivity index (χ2v) is 6.04. The van der Waals surface area contributed by atoms with Crippen LogP contribution in [0.1, 0.15) is 54.5 Å². The van der Waals surface area contributed by atoms with Crippen molar-refractivity contribution in [2.45, 2.75) is 45.6 Å². The maximum absolute atomic E-state index is 12.4. The Hall–Kier alpha value is -1.82. The van der Waals surface area contributed by atoms with Gasteiger partial charge in [0.15, 0.2) is 0 Å². The van der Waals surface area contributed by atoms with Gasteiger partial charge in [0.25, 0.3) is 5.91 Å². The topological polar surface area (TPSA) is 88.8 Å². The Morgan fingerprint density at radius 1 is 1.41 bits per heavy atom. The van der Waals surface area contributed by atoms with Gasteiger partial charge in [-0.05, 0) is 25.8 Å². The molecule has 2 heterocycles. The minimum absolute atomic E-state index is 0.169. The molecular weight excluding hydrogens is 286 g/mol. The smallest absolute Gasteiger partial charge is 0.326 e. The van der Waals surface area contributed by atoms with E-state index >= 15 is 0 Å². The lowest BCUT2D eigenvalue weighted by atomic mass is 9.93. The highest BCUT2D eigenvalue weighted by atomic mass is 16.5. The van der Waals surface area contributed by atoms with Crippen LogP contribution >= 0.6 is 0 Å². The summed E-state index contributed by atoms with van der Waals surface area (Å²) in [7, 11) is 0. The molecule has 0 bridgehead atoms. The van der Waals surface area contributed by atoms with Gasteiger partial charge in [0.05, 0.1) is 12.2 Å². The summed E-state index contributed by atoms with van der Waals surface area (Å²) in [6, 6.07) is 0.746. The van der Waals surface area contributed by atoms with Crippen LogP contribution in [0.25, 0.3) is 0 Å². The number of aryl methyl sites for hydroxylation is 1. The minimum Gasteiger partial charge on any atom is -0.480 e. The van der Waals surface area contributed by atoms with Crippen molar-refractivity contribution in [2.24, 2.45) is 5.92 Å². The van der Waals surface area contributed by atoms with Crippen LogP contribution < -0.4 is 5.32 Å². The number of aliphatic carboxylic acids is 1. The average molecular weight is 309 g/mol. The van der Waals surface area contributed by atoms with Crippen molar-refractivity contribution in [3.05, 3.63) is 23.2 Å². The summed E-state index contributed by atoms with van der Waals surface area (Å²) in [6.07, 6.45) is 1.55. The quantitative estimate of drug-likeness (QED) is 0.871. The maximum Gasteiger partial charge on any atom is 0.326 e. The Balaban J connectivity index is 2.12. The van der Waals surface area contributed by atoms with Gasteiger partial charge in [-0.25, -0.2) is 4.79 Å². The number of carbonyl (C=O) groups is 2. The summed E-state index contributed by atoms with van der Waals surface area (Å²) >= 11 is 0. The maximum atomic E-state index is 12.4. The molecule has 2 N–H and O–H groups in total. The number of amides is 1. The van der Waals surface area contributed by atoms with Gasteiger partial charge in [-0.15, -0.1) is 0 Å². The molecule has 1 aromatic heterocycles. The number of furan rings is 1. The van der Waals surface area contributed by atoms with Gasteiger partial charge in [-0.2, -0.15) is 0 Å². The molecule has 0 aliphatic carbocycles. The normalized spacial score (nSPS) is 19.9. The zero-order chi connectivity index (χ0) is 16.3. The molecule has 0 spiro atoms. The molecule has 1 aliphatic rings. The molecule has 6 nitrogen and oxygen atoms in total. The number of ether oxygens (including phenoxy) is 1. The van der Waals surface area contributed by atoms with Crippen LogP contribution in [0.3, 0.4) is 0 Å². The molecule has 0 aromatic carbocycles. The van der Waals surface area contributed by atoms with Crippen LogP contribution in [0.15, 0.2) is 10.5 Å². The molecular formula is C16H23NO5. The van der Waals surface area contributed by atoms with E-state index < -0.39 is 17.9 Å². The number of nitrogens with one attached hydrogen (secondary N) is 1. The fourth-order valence-electron chi connectivity index (χ4n) is 2.64. The molecule has 2 unspecified atom stereocenters. The van der Waals surface area contributed by atoms with Crippen LogP contribution in [0.2, 0.25) is 0 Å². The van der Waals surface area contributed by atoms with E-state index in [9.17, 15) is 14.7 Å². The number of rotatable bonds is 5. The number of carboxylic acids is 1. The third-order valence-corrected chi connectivity index (χ3v) is 3.97. The van der Waals surface area contributed by atoms with E-state index in [1.165, 1.54) is 0 Å². The summed E-state index contributed by atoms with van der Waals surface area (Å²) in [5.41, 5.74) is 0.395. The summed E-state index contributed by atoms with van der Waals surface area (Å²) in [5, 5.41) is 12.0. The van der Waals surface area contributed by atoms with E-state index in [1.807, 2.05) is 13.8 Å². The summed E-state index contributed by atoms with van der Waals surface area (Å²) in [4.78, 5) is 23.9. The monoisotopic (exact) mass is 309 g/mol. The molecule has 1 fully saturated rings. The molecule has 2 atom stereocenters. The molecule has 0 saturated carbocycles. The lowest BCUT2D eigenvalue weighted by molar-refractivity contribution is -0.142. The molecule has 1 aliphatic heterocycles. The van der Waals surface area contributed by atoms with Crippen molar-refractivity contribution in [1.29, 1.82) is 0 Å². The highest BCUT2D eigenvalue weighted by Gasteiger charge is 2.32. The van der Waals surface area contributed by atoms with Gasteiger partial charge in [-0.3, -0.25) is 4.79 Å². The largest absolute Gasteiger partial charge is 0.480 e. The molecule has 22 heavy (non-hydrogen) atoms. The molecule has 1 saturated heterocycles. The van der Waals surface area contributed by atoms with Gasteiger partial charge < -0.3 is 19.6 Å². The van der Waals surface area contributed by atoms with E-state index in [4.69, 9.17) is 9.15 Å². The fourth-order valence-corrected chi connectivity index (χ4v) is 2.64. The second kappa shape index (κ2) is 6.96. The lowest BCUT2D eigenvalue weighted by Crippen LogP contribution is -2.48. The highest BCUT2D eigenvalue weighted by Crippen LogP contribution is 2.23. The Bertz CT molecular complexity index is 543. The first-order valence-corrected chi connectivity index (χ1v) is 7.62. The molecule has 6 heteroatoms. The van der Waals surface area contributed by atoms with Crippen LogP contribution in [0.4, 0.5) is 0 Å². The van der Waals surface area contributed by atoms with E-state index in [1.54, 1.807) is 13.0 Å². The highest BCUT2D eigenvalue weighted by molar-refractivity contribution is 5.97. The molecule has 2 rings (SSSR count). The Labute approximate surface area is 129 Å². The standard InChI is InChI=1S/C16H23NO5/c1-9(2)13-7-12(10(3)22-13)15(18)17-14(16(19)20)11-5-4-6-21-8-11/h7,9,11,14H,4-6,8H2,1-3H3,(H,17,18)(H,19,20). The van der Waals surface area contributed by atoms with Crippen molar-refractivity contribution in [3.8, 4) is 0 Å². The minimum atomic E-state index is -1.03. The third kappa shape index (κ3) is 3.68. The molecule has 122 valence electrons. The third-order valence-electron chi connectivity index (χ3n) is 3.97. The predicted molar refractivity (Wildman–Crippen MR) is 80.0 cm³/mol. The second-order valence-electron chi connectivity index (χ2n) is 6.04. The van der Waals surface area contributed by atoms with Crippen molar-refractivity contribution in [2.75, 3.05) is 13.2 Å². The first-order chi connectivity index (χ1) is 10.4. The number of carbonyl (C=O) groups excluding carboxylic acids is 1. The van der Waals surface area contributed by atoms with E-state index in [0.29, 0.717) is 24.5 Å².